The van der Waals surface area contributed by atoms with E-state index in [1.165, 1.54) is 11.8 Å². The minimum atomic E-state index is -0.126. The largest absolute Gasteiger partial charge is 0.497 e. The van der Waals surface area contributed by atoms with E-state index >= 15 is 0 Å². The number of hydrogen-bond acceptors (Lipinski definition) is 6. The molecule has 1 aliphatic rings. The van der Waals surface area contributed by atoms with Gasteiger partial charge in [-0.25, -0.2) is 0 Å². The standard InChI is InChI=1S/C21H23N3O3S/c1-4-19-20(25)24(14-15-9-11-17(26-2)12-10-15)21(28-19)23-22-13-16-7-5-6-8-18(16)27-3/h5-13,19H,4,14H2,1-3H3/b22-13-,23-21+/t19-/m1/s1. The number of methoxy groups -OCH3 is 2. The van der Waals surface area contributed by atoms with E-state index in [9.17, 15) is 4.79 Å². The molecule has 0 bridgehead atoms. The van der Waals surface area contributed by atoms with Crippen molar-refractivity contribution in [1.29, 1.82) is 0 Å². The van der Waals surface area contributed by atoms with Crippen molar-refractivity contribution >= 4 is 29.1 Å². The topological polar surface area (TPSA) is 63.5 Å². The van der Waals surface area contributed by atoms with E-state index < -0.39 is 0 Å². The molecular weight excluding hydrogens is 374 g/mol. The number of thioether (sulfide) groups is 1. The lowest BCUT2D eigenvalue weighted by Gasteiger charge is -2.16. The lowest BCUT2D eigenvalue weighted by Crippen LogP contribution is -2.31. The molecule has 0 radical (unpaired) electrons. The maximum atomic E-state index is 12.7. The molecule has 7 heteroatoms. The van der Waals surface area contributed by atoms with Crippen molar-refractivity contribution in [2.45, 2.75) is 25.1 Å². The SMILES string of the molecule is CC[C@H]1S/C(=N/N=C\c2ccccc2OC)N(Cc2ccc(OC)cc2)C1=O. The second-order valence-corrected chi connectivity index (χ2v) is 7.33. The van der Waals surface area contributed by atoms with Gasteiger partial charge in [0.15, 0.2) is 5.17 Å². The Morgan fingerprint density at radius 2 is 1.86 bits per heavy atom. The summed E-state index contributed by atoms with van der Waals surface area (Å²) >= 11 is 1.46. The lowest BCUT2D eigenvalue weighted by molar-refractivity contribution is -0.126. The molecule has 1 atom stereocenters. The van der Waals surface area contributed by atoms with Gasteiger partial charge in [-0.05, 0) is 36.2 Å². The molecule has 1 heterocycles. The van der Waals surface area contributed by atoms with Crippen LogP contribution in [0.25, 0.3) is 0 Å². The molecule has 0 N–H and O–H groups in total. The molecule has 1 saturated heterocycles. The van der Waals surface area contributed by atoms with Gasteiger partial charge in [-0.2, -0.15) is 5.10 Å². The normalized spacial score (nSPS) is 18.2. The highest BCUT2D eigenvalue weighted by Gasteiger charge is 2.36. The first kappa shape index (κ1) is 19.9. The molecule has 1 aliphatic heterocycles. The Balaban J connectivity index is 1.80. The summed E-state index contributed by atoms with van der Waals surface area (Å²) in [6, 6.07) is 15.3. The van der Waals surface area contributed by atoms with Gasteiger partial charge in [0.05, 0.1) is 32.2 Å². The third kappa shape index (κ3) is 4.54. The first-order valence-electron chi connectivity index (χ1n) is 9.01. The second kappa shape index (κ2) is 9.41. The molecule has 0 aliphatic carbocycles. The van der Waals surface area contributed by atoms with Crippen molar-refractivity contribution in [3.8, 4) is 11.5 Å². The van der Waals surface area contributed by atoms with Crippen LogP contribution in [0.4, 0.5) is 0 Å². The number of para-hydroxylation sites is 1. The minimum Gasteiger partial charge on any atom is -0.497 e. The molecule has 1 fully saturated rings. The van der Waals surface area contributed by atoms with Crippen molar-refractivity contribution in [2.75, 3.05) is 14.2 Å². The molecule has 1 amide bonds. The molecule has 2 aromatic rings. The number of hydrogen-bond donors (Lipinski definition) is 0. The summed E-state index contributed by atoms with van der Waals surface area (Å²) < 4.78 is 10.5. The molecule has 6 nitrogen and oxygen atoms in total. The molecule has 3 rings (SSSR count). The Bertz CT molecular complexity index is 881. The van der Waals surface area contributed by atoms with Crippen molar-refractivity contribution < 1.29 is 14.3 Å². The van der Waals surface area contributed by atoms with Gasteiger partial charge < -0.3 is 9.47 Å². The minimum absolute atomic E-state index is 0.0644. The van der Waals surface area contributed by atoms with Crippen LogP contribution in [0.1, 0.15) is 24.5 Å². The monoisotopic (exact) mass is 397 g/mol. The van der Waals surface area contributed by atoms with E-state index in [0.29, 0.717) is 11.7 Å². The van der Waals surface area contributed by atoms with E-state index in [1.807, 2.05) is 55.5 Å². The smallest absolute Gasteiger partial charge is 0.242 e. The zero-order valence-electron chi connectivity index (χ0n) is 16.2. The highest BCUT2D eigenvalue weighted by Crippen LogP contribution is 2.31. The quantitative estimate of drug-likeness (QED) is 0.524. The number of ether oxygens (including phenoxy) is 2. The van der Waals surface area contributed by atoms with Crippen molar-refractivity contribution in [3.05, 3.63) is 59.7 Å². The fourth-order valence-corrected chi connectivity index (χ4v) is 3.84. The van der Waals surface area contributed by atoms with E-state index in [4.69, 9.17) is 9.47 Å². The molecule has 28 heavy (non-hydrogen) atoms. The first-order chi connectivity index (χ1) is 13.7. The Labute approximate surface area is 169 Å². The summed E-state index contributed by atoms with van der Waals surface area (Å²) in [5, 5.41) is 9.01. The predicted octanol–water partition coefficient (Wildman–Crippen LogP) is 3.95. The maximum Gasteiger partial charge on any atom is 0.242 e. The summed E-state index contributed by atoms with van der Waals surface area (Å²) in [5.74, 6) is 1.57. The lowest BCUT2D eigenvalue weighted by atomic mass is 10.2. The molecule has 146 valence electrons. The summed E-state index contributed by atoms with van der Waals surface area (Å²) in [6.45, 7) is 2.46. The summed E-state index contributed by atoms with van der Waals surface area (Å²) in [6.07, 6.45) is 2.39. The molecule has 0 saturated carbocycles. The van der Waals surface area contributed by atoms with Crippen LogP contribution in [0, 0.1) is 0 Å². The number of amidine groups is 1. The molecule has 0 spiro atoms. The number of benzene rings is 2. The van der Waals surface area contributed by atoms with Crippen LogP contribution >= 0.6 is 11.8 Å². The van der Waals surface area contributed by atoms with Gasteiger partial charge in [0, 0.05) is 5.56 Å². The van der Waals surface area contributed by atoms with Gasteiger partial charge in [-0.15, -0.1) is 5.10 Å². The number of rotatable bonds is 7. The fraction of sp³-hybridized carbons (Fsp3) is 0.286. The van der Waals surface area contributed by atoms with Crippen LogP contribution < -0.4 is 9.47 Å². The van der Waals surface area contributed by atoms with Crippen molar-refractivity contribution in [2.24, 2.45) is 10.2 Å². The Hall–Kier alpha value is -2.80. The number of amides is 1. The van der Waals surface area contributed by atoms with Gasteiger partial charge in [0.2, 0.25) is 5.91 Å². The van der Waals surface area contributed by atoms with Crippen molar-refractivity contribution in [1.82, 2.24) is 4.90 Å². The molecule has 0 unspecified atom stereocenters. The van der Waals surface area contributed by atoms with Crippen molar-refractivity contribution in [3.63, 3.8) is 0 Å². The number of carbonyl (C=O) groups is 1. The Morgan fingerprint density at radius 1 is 1.11 bits per heavy atom. The molecule has 2 aromatic carbocycles. The predicted molar refractivity (Wildman–Crippen MR) is 113 cm³/mol. The van der Waals surface area contributed by atoms with Gasteiger partial charge >= 0.3 is 0 Å². The number of nitrogens with zero attached hydrogens (tertiary/aromatic N) is 3. The third-order valence-electron chi connectivity index (χ3n) is 4.37. The van der Waals surface area contributed by atoms with Gasteiger partial charge in [-0.1, -0.05) is 43.0 Å². The zero-order valence-corrected chi connectivity index (χ0v) is 17.0. The Morgan fingerprint density at radius 3 is 2.54 bits per heavy atom. The average Bonchev–Trinajstić information content (AvgIpc) is 3.03. The van der Waals surface area contributed by atoms with Crippen LogP contribution in [0.2, 0.25) is 0 Å². The van der Waals surface area contributed by atoms with E-state index in [0.717, 1.165) is 29.0 Å². The summed E-state index contributed by atoms with van der Waals surface area (Å²) in [4.78, 5) is 14.4. The zero-order chi connectivity index (χ0) is 19.9. The van der Waals surface area contributed by atoms with Gasteiger partial charge in [0.1, 0.15) is 11.5 Å². The van der Waals surface area contributed by atoms with Crippen LogP contribution in [-0.4, -0.2) is 41.7 Å². The van der Waals surface area contributed by atoms with Crippen LogP contribution in [-0.2, 0) is 11.3 Å². The van der Waals surface area contributed by atoms with Crippen LogP contribution in [0.15, 0.2) is 58.7 Å². The third-order valence-corrected chi connectivity index (χ3v) is 5.70. The van der Waals surface area contributed by atoms with E-state index in [2.05, 4.69) is 10.2 Å². The van der Waals surface area contributed by atoms with E-state index in [1.54, 1.807) is 25.3 Å². The fourth-order valence-electron chi connectivity index (χ4n) is 2.82. The highest BCUT2D eigenvalue weighted by atomic mass is 32.2. The Kier molecular flexibility index (Phi) is 6.71. The van der Waals surface area contributed by atoms with Crippen LogP contribution in [0.5, 0.6) is 11.5 Å². The average molecular weight is 398 g/mol. The van der Waals surface area contributed by atoms with Gasteiger partial charge in [-0.3, -0.25) is 9.69 Å². The summed E-state index contributed by atoms with van der Waals surface area (Å²) in [7, 11) is 3.25. The maximum absolute atomic E-state index is 12.7. The van der Waals surface area contributed by atoms with E-state index in [-0.39, 0.29) is 11.2 Å². The highest BCUT2D eigenvalue weighted by molar-refractivity contribution is 8.15. The summed E-state index contributed by atoms with van der Waals surface area (Å²) in [5.41, 5.74) is 1.84. The molecule has 0 aromatic heterocycles. The molecular formula is C21H23N3O3S. The first-order valence-corrected chi connectivity index (χ1v) is 9.89. The van der Waals surface area contributed by atoms with Gasteiger partial charge in [0.25, 0.3) is 0 Å². The number of carbonyl (C=O) groups excluding carboxylic acids is 1. The second-order valence-electron chi connectivity index (χ2n) is 6.16. The van der Waals surface area contributed by atoms with Crippen LogP contribution in [0.3, 0.4) is 0 Å².